The molecule has 4 nitrogen and oxygen atoms in total. The molecule has 4 heteroatoms. The van der Waals surface area contributed by atoms with Gasteiger partial charge in [-0.15, -0.1) is 0 Å². The number of nitrogens with zero attached hydrogens (tertiary/aromatic N) is 1. The molecule has 1 heterocycles. The molecule has 1 aromatic rings. The summed E-state index contributed by atoms with van der Waals surface area (Å²) in [5.74, 6) is -0.461. The average Bonchev–Trinajstić information content (AvgIpc) is 2.61. The maximum Gasteiger partial charge on any atom is 0.339 e. The summed E-state index contributed by atoms with van der Waals surface area (Å²) >= 11 is 0. The molecule has 0 radical (unpaired) electrons. The highest BCUT2D eigenvalue weighted by Gasteiger charge is 2.16. The quantitative estimate of drug-likeness (QED) is 0.714. The van der Waals surface area contributed by atoms with Gasteiger partial charge in [-0.2, -0.15) is 0 Å². The highest BCUT2D eigenvalue weighted by Crippen LogP contribution is 2.13. The van der Waals surface area contributed by atoms with Gasteiger partial charge in [0.2, 0.25) is 5.91 Å². The molecule has 1 rings (SSSR count). The van der Waals surface area contributed by atoms with Crippen molar-refractivity contribution < 1.29 is 14.3 Å². The molecule has 0 amide bonds. The summed E-state index contributed by atoms with van der Waals surface area (Å²) in [7, 11) is 0. The van der Waals surface area contributed by atoms with Crippen LogP contribution in [0.25, 0.3) is 0 Å². The lowest BCUT2D eigenvalue weighted by Gasteiger charge is -2.05. The zero-order chi connectivity index (χ0) is 11.4. The second-order valence-corrected chi connectivity index (χ2v) is 3.14. The van der Waals surface area contributed by atoms with Crippen molar-refractivity contribution in [1.82, 2.24) is 4.57 Å². The first-order valence-corrected chi connectivity index (χ1v) is 5.00. The first-order chi connectivity index (χ1) is 7.11. The Labute approximate surface area is 88.8 Å². The Hall–Kier alpha value is -1.58. The number of esters is 1. The lowest BCUT2D eigenvalue weighted by molar-refractivity contribution is 0.0525. The fraction of sp³-hybridized carbons (Fsp3) is 0.455. The molecule has 0 unspecified atom stereocenters. The van der Waals surface area contributed by atoms with E-state index in [-0.39, 0.29) is 11.9 Å². The smallest absolute Gasteiger partial charge is 0.339 e. The second-order valence-electron chi connectivity index (χ2n) is 3.14. The largest absolute Gasteiger partial charge is 0.462 e. The van der Waals surface area contributed by atoms with E-state index >= 15 is 0 Å². The molecule has 0 saturated carbocycles. The van der Waals surface area contributed by atoms with Gasteiger partial charge in [0, 0.05) is 18.8 Å². The van der Waals surface area contributed by atoms with Gasteiger partial charge >= 0.3 is 5.97 Å². The van der Waals surface area contributed by atoms with E-state index in [2.05, 4.69) is 0 Å². The monoisotopic (exact) mass is 209 g/mol. The van der Waals surface area contributed by atoms with Crippen molar-refractivity contribution in [3.8, 4) is 0 Å². The number of aromatic nitrogens is 1. The standard InChI is InChI=1S/C11H15NO3/c1-4-10-9(11(14)15-5-2)6-7-12(10)8(3)13/h6-7H,4-5H2,1-3H3. The molecule has 1 aromatic heterocycles. The number of hydrogen-bond donors (Lipinski definition) is 0. The van der Waals surface area contributed by atoms with Crippen molar-refractivity contribution >= 4 is 11.9 Å². The third-order valence-electron chi connectivity index (χ3n) is 2.16. The van der Waals surface area contributed by atoms with Crippen LogP contribution < -0.4 is 0 Å². The number of hydrogen-bond acceptors (Lipinski definition) is 3. The Morgan fingerprint density at radius 3 is 2.53 bits per heavy atom. The molecule has 0 aliphatic carbocycles. The van der Waals surface area contributed by atoms with Crippen molar-refractivity contribution in [2.75, 3.05) is 6.61 Å². The second kappa shape index (κ2) is 4.77. The lowest BCUT2D eigenvalue weighted by atomic mass is 10.2. The summed E-state index contributed by atoms with van der Waals surface area (Å²) in [6.45, 7) is 5.46. The molecule has 82 valence electrons. The highest BCUT2D eigenvalue weighted by molar-refractivity contribution is 5.92. The summed E-state index contributed by atoms with van der Waals surface area (Å²) in [4.78, 5) is 22.7. The van der Waals surface area contributed by atoms with E-state index in [1.165, 1.54) is 11.5 Å². The molecule has 0 atom stereocenters. The number of ether oxygens (including phenoxy) is 1. The summed E-state index contributed by atoms with van der Waals surface area (Å²) in [5, 5.41) is 0. The minimum Gasteiger partial charge on any atom is -0.462 e. The van der Waals surface area contributed by atoms with Crippen LogP contribution in [0.1, 0.15) is 41.6 Å². The Morgan fingerprint density at radius 1 is 1.40 bits per heavy atom. The predicted molar refractivity (Wildman–Crippen MR) is 56.1 cm³/mol. The van der Waals surface area contributed by atoms with Crippen LogP contribution >= 0.6 is 0 Å². The van der Waals surface area contributed by atoms with Crippen LogP contribution in [0.5, 0.6) is 0 Å². The van der Waals surface area contributed by atoms with E-state index in [4.69, 9.17) is 4.74 Å². The molecule has 0 bridgehead atoms. The minimum atomic E-state index is -0.366. The van der Waals surface area contributed by atoms with Gasteiger partial charge in [-0.25, -0.2) is 4.79 Å². The van der Waals surface area contributed by atoms with E-state index in [0.29, 0.717) is 24.3 Å². The molecular formula is C11H15NO3. The average molecular weight is 209 g/mol. The van der Waals surface area contributed by atoms with Crippen molar-refractivity contribution in [1.29, 1.82) is 0 Å². The first kappa shape index (κ1) is 11.5. The molecular weight excluding hydrogens is 194 g/mol. The van der Waals surface area contributed by atoms with Crippen LogP contribution in [0, 0.1) is 0 Å². The van der Waals surface area contributed by atoms with E-state index in [0.717, 1.165) is 0 Å². The number of rotatable bonds is 3. The van der Waals surface area contributed by atoms with Crippen molar-refractivity contribution in [2.24, 2.45) is 0 Å². The normalized spacial score (nSPS) is 10.1. The van der Waals surface area contributed by atoms with E-state index in [1.54, 1.807) is 19.2 Å². The molecule has 0 N–H and O–H groups in total. The molecule has 15 heavy (non-hydrogen) atoms. The summed E-state index contributed by atoms with van der Waals surface area (Å²) in [6, 6.07) is 1.62. The van der Waals surface area contributed by atoms with E-state index in [1.807, 2.05) is 6.92 Å². The van der Waals surface area contributed by atoms with E-state index < -0.39 is 0 Å². The topological polar surface area (TPSA) is 48.3 Å². The van der Waals surface area contributed by atoms with Crippen molar-refractivity contribution in [3.63, 3.8) is 0 Å². The number of carbonyl (C=O) groups excluding carboxylic acids is 2. The third-order valence-corrected chi connectivity index (χ3v) is 2.16. The van der Waals surface area contributed by atoms with E-state index in [9.17, 15) is 9.59 Å². The SMILES string of the molecule is CCOC(=O)c1ccn(C(C)=O)c1CC. The fourth-order valence-electron chi connectivity index (χ4n) is 1.52. The first-order valence-electron chi connectivity index (χ1n) is 5.00. The van der Waals surface area contributed by atoms with Gasteiger partial charge in [0.1, 0.15) is 0 Å². The molecule has 0 fully saturated rings. The maximum atomic E-state index is 11.5. The third kappa shape index (κ3) is 2.26. The molecule has 0 saturated heterocycles. The van der Waals surface area contributed by atoms with Gasteiger partial charge in [0.05, 0.1) is 12.2 Å². The zero-order valence-electron chi connectivity index (χ0n) is 9.24. The highest BCUT2D eigenvalue weighted by atomic mass is 16.5. The van der Waals surface area contributed by atoms with Crippen LogP contribution in [-0.2, 0) is 11.2 Å². The molecule has 0 aliphatic rings. The Morgan fingerprint density at radius 2 is 2.07 bits per heavy atom. The zero-order valence-corrected chi connectivity index (χ0v) is 9.24. The van der Waals surface area contributed by atoms with Gasteiger partial charge in [-0.05, 0) is 19.4 Å². The van der Waals surface area contributed by atoms with Crippen LogP contribution in [-0.4, -0.2) is 23.1 Å². The predicted octanol–water partition coefficient (Wildman–Crippen LogP) is 1.89. The Balaban J connectivity index is 3.09. The van der Waals surface area contributed by atoms with Crippen LogP contribution in [0.2, 0.25) is 0 Å². The van der Waals surface area contributed by atoms with Crippen LogP contribution in [0.4, 0.5) is 0 Å². The van der Waals surface area contributed by atoms with Gasteiger partial charge < -0.3 is 4.74 Å². The van der Waals surface area contributed by atoms with Gasteiger partial charge in [0.25, 0.3) is 0 Å². The minimum absolute atomic E-state index is 0.0950. The van der Waals surface area contributed by atoms with Gasteiger partial charge in [-0.3, -0.25) is 9.36 Å². The van der Waals surface area contributed by atoms with Gasteiger partial charge in [0.15, 0.2) is 0 Å². The summed E-state index contributed by atoms with van der Waals surface area (Å²) in [5.41, 5.74) is 1.19. The summed E-state index contributed by atoms with van der Waals surface area (Å²) < 4.78 is 6.38. The van der Waals surface area contributed by atoms with Crippen molar-refractivity contribution in [3.05, 3.63) is 23.5 Å². The molecule has 0 aliphatic heterocycles. The van der Waals surface area contributed by atoms with Crippen LogP contribution in [0.15, 0.2) is 12.3 Å². The maximum absolute atomic E-state index is 11.5. The lowest BCUT2D eigenvalue weighted by Crippen LogP contribution is -2.12. The molecule has 0 spiro atoms. The molecule has 0 aromatic carbocycles. The van der Waals surface area contributed by atoms with Crippen molar-refractivity contribution in [2.45, 2.75) is 27.2 Å². The summed E-state index contributed by atoms with van der Waals surface area (Å²) in [6.07, 6.45) is 2.23. The van der Waals surface area contributed by atoms with Gasteiger partial charge in [-0.1, -0.05) is 6.92 Å². The van der Waals surface area contributed by atoms with Crippen LogP contribution in [0.3, 0.4) is 0 Å². The number of carbonyl (C=O) groups is 2. The Bertz CT molecular complexity index is 379. The Kier molecular flexibility index (Phi) is 3.66. The fourth-order valence-corrected chi connectivity index (χ4v) is 1.52.